The second-order valence-corrected chi connectivity index (χ2v) is 8.19. The van der Waals surface area contributed by atoms with E-state index in [9.17, 15) is 9.18 Å². The van der Waals surface area contributed by atoms with Gasteiger partial charge < -0.3 is 4.74 Å². The minimum atomic E-state index is -0.484. The van der Waals surface area contributed by atoms with Crippen LogP contribution in [-0.4, -0.2) is 16.8 Å². The molecule has 0 atom stereocenters. The number of amides is 1. The zero-order valence-corrected chi connectivity index (χ0v) is 17.4. The van der Waals surface area contributed by atoms with E-state index >= 15 is 0 Å². The van der Waals surface area contributed by atoms with E-state index in [0.29, 0.717) is 21.6 Å². The maximum Gasteiger partial charge on any atom is 0.270 e. The first kappa shape index (κ1) is 19.6. The second kappa shape index (κ2) is 8.35. The molecular formula is C23H18FNO2S2. The lowest BCUT2D eigenvalue weighted by molar-refractivity contribution is -0.113. The smallest absolute Gasteiger partial charge is 0.270 e. The highest BCUT2D eigenvalue weighted by molar-refractivity contribution is 8.27. The number of anilines is 1. The predicted octanol–water partition coefficient (Wildman–Crippen LogP) is 6.17. The van der Waals surface area contributed by atoms with E-state index in [2.05, 4.69) is 0 Å². The zero-order valence-electron chi connectivity index (χ0n) is 15.7. The Hall–Kier alpha value is -2.70. The van der Waals surface area contributed by atoms with Crippen molar-refractivity contribution >= 4 is 56.7 Å². The second-order valence-electron chi connectivity index (χ2n) is 6.52. The molecule has 4 rings (SSSR count). The summed E-state index contributed by atoms with van der Waals surface area (Å²) in [5.41, 5.74) is 0.990. The molecule has 1 fully saturated rings. The molecule has 0 N–H and O–H groups in total. The number of para-hydroxylation sites is 1. The van der Waals surface area contributed by atoms with E-state index in [1.54, 1.807) is 24.3 Å². The van der Waals surface area contributed by atoms with Crippen molar-refractivity contribution in [1.29, 1.82) is 0 Å². The van der Waals surface area contributed by atoms with Gasteiger partial charge in [0.15, 0.2) is 4.32 Å². The Balaban J connectivity index is 1.80. The van der Waals surface area contributed by atoms with Gasteiger partial charge >= 0.3 is 0 Å². The van der Waals surface area contributed by atoms with Gasteiger partial charge in [-0.25, -0.2) is 4.39 Å². The zero-order chi connectivity index (χ0) is 20.4. The molecule has 1 saturated heterocycles. The summed E-state index contributed by atoms with van der Waals surface area (Å²) in [4.78, 5) is 14.8. The molecule has 1 amide bonds. The van der Waals surface area contributed by atoms with Crippen LogP contribution in [0.25, 0.3) is 16.8 Å². The minimum absolute atomic E-state index is 0.166. The van der Waals surface area contributed by atoms with Crippen LogP contribution < -0.4 is 9.64 Å². The van der Waals surface area contributed by atoms with E-state index < -0.39 is 5.82 Å². The molecule has 0 bridgehead atoms. The van der Waals surface area contributed by atoms with Gasteiger partial charge in [0.2, 0.25) is 0 Å². The van der Waals surface area contributed by atoms with Crippen LogP contribution >= 0.6 is 24.0 Å². The Morgan fingerprint density at radius 2 is 1.86 bits per heavy atom. The van der Waals surface area contributed by atoms with Crippen molar-refractivity contribution in [3.63, 3.8) is 0 Å². The molecular weight excluding hydrogens is 405 g/mol. The number of thioether (sulfide) groups is 1. The fourth-order valence-corrected chi connectivity index (χ4v) is 4.47. The Morgan fingerprint density at radius 1 is 1.10 bits per heavy atom. The fourth-order valence-electron chi connectivity index (χ4n) is 3.20. The summed E-state index contributed by atoms with van der Waals surface area (Å²) in [6.45, 7) is 2.62. The molecule has 1 aliphatic rings. The molecule has 146 valence electrons. The number of nitrogens with zero attached hydrogens (tertiary/aromatic N) is 1. The van der Waals surface area contributed by atoms with E-state index in [1.165, 1.54) is 22.7 Å². The number of fused-ring (bicyclic) bond motifs is 1. The Labute approximate surface area is 178 Å². The largest absolute Gasteiger partial charge is 0.493 e. The summed E-state index contributed by atoms with van der Waals surface area (Å²) in [6.07, 6.45) is 2.68. The lowest BCUT2D eigenvalue weighted by Crippen LogP contribution is -2.28. The Kier molecular flexibility index (Phi) is 5.65. The monoisotopic (exact) mass is 423 g/mol. The molecule has 6 heteroatoms. The number of benzene rings is 3. The highest BCUT2D eigenvalue weighted by Crippen LogP contribution is 2.39. The third kappa shape index (κ3) is 3.78. The number of ether oxygens (including phenoxy) is 1. The van der Waals surface area contributed by atoms with Crippen molar-refractivity contribution in [3.8, 4) is 5.75 Å². The number of carbonyl (C=O) groups excluding carboxylic acids is 1. The molecule has 29 heavy (non-hydrogen) atoms. The summed E-state index contributed by atoms with van der Waals surface area (Å²) in [7, 11) is 0. The lowest BCUT2D eigenvalue weighted by atomic mass is 10.0. The maximum absolute atomic E-state index is 14.3. The van der Waals surface area contributed by atoms with Crippen molar-refractivity contribution in [3.05, 3.63) is 76.9 Å². The van der Waals surface area contributed by atoms with E-state index in [4.69, 9.17) is 17.0 Å². The summed E-state index contributed by atoms with van der Waals surface area (Å²) in [5.74, 6) is -0.108. The molecule has 3 aromatic rings. The third-order valence-electron chi connectivity index (χ3n) is 4.55. The van der Waals surface area contributed by atoms with Gasteiger partial charge in [-0.15, -0.1) is 0 Å². The van der Waals surface area contributed by atoms with E-state index in [1.807, 2.05) is 43.3 Å². The molecule has 0 aliphatic carbocycles. The van der Waals surface area contributed by atoms with Gasteiger partial charge in [-0.3, -0.25) is 9.69 Å². The first-order valence-electron chi connectivity index (χ1n) is 9.27. The van der Waals surface area contributed by atoms with Crippen LogP contribution in [0.3, 0.4) is 0 Å². The maximum atomic E-state index is 14.3. The molecule has 0 spiro atoms. The SMILES string of the molecule is CCCOc1ccc2ccccc2c1/C=C1/SC(=S)N(c2ccccc2F)C1=O. The number of carbonyl (C=O) groups is 1. The first-order chi connectivity index (χ1) is 14.1. The van der Waals surface area contributed by atoms with Crippen LogP contribution in [0.5, 0.6) is 5.75 Å². The van der Waals surface area contributed by atoms with Crippen molar-refractivity contribution in [2.24, 2.45) is 0 Å². The van der Waals surface area contributed by atoms with E-state index in [-0.39, 0.29) is 11.6 Å². The average Bonchev–Trinajstić information content (AvgIpc) is 3.01. The molecule has 0 saturated carbocycles. The third-order valence-corrected chi connectivity index (χ3v) is 5.86. The molecule has 1 heterocycles. The van der Waals surface area contributed by atoms with Gasteiger partial charge in [-0.2, -0.15) is 0 Å². The Bertz CT molecular complexity index is 1140. The van der Waals surface area contributed by atoms with Crippen molar-refractivity contribution in [1.82, 2.24) is 0 Å². The van der Waals surface area contributed by atoms with Crippen molar-refractivity contribution in [2.45, 2.75) is 13.3 Å². The average molecular weight is 424 g/mol. The van der Waals surface area contributed by atoms with Crippen molar-refractivity contribution in [2.75, 3.05) is 11.5 Å². The number of rotatable bonds is 5. The highest BCUT2D eigenvalue weighted by Gasteiger charge is 2.35. The van der Waals surface area contributed by atoms with Gasteiger partial charge in [0.1, 0.15) is 11.6 Å². The molecule has 0 radical (unpaired) electrons. The minimum Gasteiger partial charge on any atom is -0.493 e. The normalized spacial score (nSPS) is 15.5. The number of halogens is 1. The lowest BCUT2D eigenvalue weighted by Gasteiger charge is -2.15. The van der Waals surface area contributed by atoms with Gasteiger partial charge in [0.25, 0.3) is 5.91 Å². The number of hydrogen-bond donors (Lipinski definition) is 0. The summed E-state index contributed by atoms with van der Waals surface area (Å²) >= 11 is 6.55. The van der Waals surface area contributed by atoms with E-state index in [0.717, 1.165) is 22.8 Å². The van der Waals surface area contributed by atoms with Crippen LogP contribution in [0.4, 0.5) is 10.1 Å². The molecule has 0 aromatic heterocycles. The topological polar surface area (TPSA) is 29.5 Å². The van der Waals surface area contributed by atoms with Crippen LogP contribution in [0, 0.1) is 5.82 Å². The quantitative estimate of drug-likeness (QED) is 0.362. The molecule has 0 unspecified atom stereocenters. The fraction of sp³-hybridized carbons (Fsp3) is 0.130. The van der Waals surface area contributed by atoms with Gasteiger partial charge in [-0.05, 0) is 41.5 Å². The number of thiocarbonyl (C=S) groups is 1. The Morgan fingerprint density at radius 3 is 2.66 bits per heavy atom. The van der Waals surface area contributed by atoms with Gasteiger partial charge in [-0.1, -0.05) is 73.4 Å². The molecule has 3 nitrogen and oxygen atoms in total. The van der Waals surface area contributed by atoms with Crippen molar-refractivity contribution < 1.29 is 13.9 Å². The number of hydrogen-bond acceptors (Lipinski definition) is 4. The standard InChI is InChI=1S/C23H18FNO2S2/c1-2-13-27-20-12-11-15-7-3-4-8-16(15)17(20)14-21-22(26)25(23(28)29-21)19-10-6-5-9-18(19)24/h3-12,14H,2,13H2,1H3/b21-14+. The van der Waals surface area contributed by atoms with Gasteiger partial charge in [0.05, 0.1) is 17.2 Å². The molecule has 3 aromatic carbocycles. The predicted molar refractivity (Wildman–Crippen MR) is 122 cm³/mol. The van der Waals surface area contributed by atoms with Crippen LogP contribution in [0.2, 0.25) is 0 Å². The molecule has 1 aliphatic heterocycles. The van der Waals surface area contributed by atoms with Crippen LogP contribution in [0.15, 0.2) is 65.6 Å². The van der Waals surface area contributed by atoms with Crippen LogP contribution in [0.1, 0.15) is 18.9 Å². The van der Waals surface area contributed by atoms with Gasteiger partial charge in [0, 0.05) is 5.56 Å². The highest BCUT2D eigenvalue weighted by atomic mass is 32.2. The first-order valence-corrected chi connectivity index (χ1v) is 10.5. The summed E-state index contributed by atoms with van der Waals surface area (Å²) in [5, 5.41) is 2.03. The summed E-state index contributed by atoms with van der Waals surface area (Å²) < 4.78 is 20.5. The van der Waals surface area contributed by atoms with Crippen LogP contribution in [-0.2, 0) is 4.79 Å². The summed E-state index contributed by atoms with van der Waals surface area (Å²) in [6, 6.07) is 18.0.